The minimum Gasteiger partial charge on any atom is -0.423 e. The highest BCUT2D eigenvalue weighted by Crippen LogP contribution is 2.29. The largest absolute Gasteiger partial charge is 0.423 e. The Labute approximate surface area is 170 Å². The molecule has 1 saturated carbocycles. The van der Waals surface area contributed by atoms with Gasteiger partial charge >= 0.3 is 5.97 Å². The lowest BCUT2D eigenvalue weighted by molar-refractivity contribution is 0.0736. The number of hydrogen-bond acceptors (Lipinski definition) is 3. The number of nitrogens with zero attached hydrogens (tertiary/aromatic N) is 2. The molecule has 2 aromatic heterocycles. The van der Waals surface area contributed by atoms with Crippen molar-refractivity contribution >= 4 is 27.8 Å². The molecule has 4 nitrogen and oxygen atoms in total. The Bertz CT molecular complexity index is 1170. The SMILES string of the molecule is O=C(Oc1ccc2ncccc2c1)c1cn(CC2CCCCC2)c2ccccc12. The lowest BCUT2D eigenvalue weighted by Crippen LogP contribution is -2.13. The highest BCUT2D eigenvalue weighted by atomic mass is 16.5. The van der Waals surface area contributed by atoms with Crippen molar-refractivity contribution in [2.24, 2.45) is 5.92 Å². The Morgan fingerprint density at radius 3 is 2.79 bits per heavy atom. The summed E-state index contributed by atoms with van der Waals surface area (Å²) in [6, 6.07) is 17.5. The van der Waals surface area contributed by atoms with Crippen LogP contribution >= 0.6 is 0 Å². The van der Waals surface area contributed by atoms with Crippen LogP contribution in [0.25, 0.3) is 21.8 Å². The highest BCUT2D eigenvalue weighted by Gasteiger charge is 2.20. The molecule has 1 aliphatic rings. The van der Waals surface area contributed by atoms with Crippen LogP contribution in [0.3, 0.4) is 0 Å². The molecule has 29 heavy (non-hydrogen) atoms. The van der Waals surface area contributed by atoms with Gasteiger partial charge in [-0.1, -0.05) is 43.5 Å². The highest BCUT2D eigenvalue weighted by molar-refractivity contribution is 6.05. The van der Waals surface area contributed by atoms with E-state index in [1.165, 1.54) is 32.1 Å². The van der Waals surface area contributed by atoms with Gasteiger partial charge in [-0.05, 0) is 49.1 Å². The van der Waals surface area contributed by atoms with Gasteiger partial charge in [0.15, 0.2) is 0 Å². The van der Waals surface area contributed by atoms with Crippen molar-refractivity contribution in [3.63, 3.8) is 0 Å². The molecule has 0 saturated heterocycles. The van der Waals surface area contributed by atoms with Gasteiger partial charge in [0.1, 0.15) is 5.75 Å². The molecular formula is C25H24N2O2. The van der Waals surface area contributed by atoms with Crippen molar-refractivity contribution in [2.45, 2.75) is 38.6 Å². The first-order valence-electron chi connectivity index (χ1n) is 10.4. The van der Waals surface area contributed by atoms with Gasteiger partial charge in [-0.25, -0.2) is 4.79 Å². The van der Waals surface area contributed by atoms with Crippen LogP contribution in [0.2, 0.25) is 0 Å². The van der Waals surface area contributed by atoms with Crippen molar-refractivity contribution in [1.29, 1.82) is 0 Å². The number of carbonyl (C=O) groups excluding carboxylic acids is 1. The first kappa shape index (κ1) is 17.9. The molecule has 0 bridgehead atoms. The van der Waals surface area contributed by atoms with E-state index in [9.17, 15) is 4.79 Å². The monoisotopic (exact) mass is 384 g/mol. The molecule has 0 aliphatic heterocycles. The van der Waals surface area contributed by atoms with E-state index >= 15 is 0 Å². The molecule has 2 heterocycles. The molecule has 1 aliphatic carbocycles. The Morgan fingerprint density at radius 1 is 1.03 bits per heavy atom. The molecular weight excluding hydrogens is 360 g/mol. The number of para-hydroxylation sites is 1. The molecule has 146 valence electrons. The van der Waals surface area contributed by atoms with E-state index in [4.69, 9.17) is 4.74 Å². The predicted octanol–water partition coefficient (Wildman–Crippen LogP) is 5.99. The maximum Gasteiger partial charge on any atom is 0.345 e. The second-order valence-corrected chi connectivity index (χ2v) is 7.96. The van der Waals surface area contributed by atoms with E-state index < -0.39 is 0 Å². The van der Waals surface area contributed by atoms with Crippen molar-refractivity contribution in [1.82, 2.24) is 9.55 Å². The van der Waals surface area contributed by atoms with Gasteiger partial charge in [-0.3, -0.25) is 4.98 Å². The zero-order valence-electron chi connectivity index (χ0n) is 16.4. The summed E-state index contributed by atoms with van der Waals surface area (Å²) in [5.74, 6) is 0.919. The quantitative estimate of drug-likeness (QED) is 0.321. The molecule has 0 atom stereocenters. The summed E-state index contributed by atoms with van der Waals surface area (Å²) in [5, 5.41) is 1.91. The van der Waals surface area contributed by atoms with E-state index in [1.807, 2.05) is 48.7 Å². The number of hydrogen-bond donors (Lipinski definition) is 0. The average Bonchev–Trinajstić information content (AvgIpc) is 3.13. The van der Waals surface area contributed by atoms with Crippen LogP contribution in [0.15, 0.2) is 67.0 Å². The summed E-state index contributed by atoms with van der Waals surface area (Å²) in [4.78, 5) is 17.3. The number of esters is 1. The Balaban J connectivity index is 1.44. The lowest BCUT2D eigenvalue weighted by atomic mass is 9.89. The Kier molecular flexibility index (Phi) is 4.76. The van der Waals surface area contributed by atoms with Crippen molar-refractivity contribution in [2.75, 3.05) is 0 Å². The van der Waals surface area contributed by atoms with Crippen LogP contribution in [0, 0.1) is 5.92 Å². The second-order valence-electron chi connectivity index (χ2n) is 7.96. The van der Waals surface area contributed by atoms with Gasteiger partial charge < -0.3 is 9.30 Å². The zero-order valence-corrected chi connectivity index (χ0v) is 16.4. The predicted molar refractivity (Wildman–Crippen MR) is 115 cm³/mol. The number of benzene rings is 2. The molecule has 0 amide bonds. The minimum atomic E-state index is -0.313. The molecule has 0 radical (unpaired) electrons. The fourth-order valence-corrected chi connectivity index (χ4v) is 4.49. The third-order valence-corrected chi connectivity index (χ3v) is 5.97. The van der Waals surface area contributed by atoms with Gasteiger partial charge in [0.2, 0.25) is 0 Å². The van der Waals surface area contributed by atoms with E-state index in [-0.39, 0.29) is 5.97 Å². The third kappa shape index (κ3) is 3.63. The van der Waals surface area contributed by atoms with Gasteiger partial charge in [0, 0.05) is 35.2 Å². The van der Waals surface area contributed by atoms with Crippen molar-refractivity contribution < 1.29 is 9.53 Å². The van der Waals surface area contributed by atoms with Gasteiger partial charge in [-0.2, -0.15) is 0 Å². The zero-order chi connectivity index (χ0) is 19.6. The standard InChI is InChI=1S/C25H24N2O2/c28-25(29-20-12-13-23-19(15-20)9-6-14-26-23)22-17-27(16-18-7-2-1-3-8-18)24-11-5-4-10-21(22)24/h4-6,9-15,17-18H,1-3,7-8,16H2. The first-order valence-corrected chi connectivity index (χ1v) is 10.4. The number of fused-ring (bicyclic) bond motifs is 2. The summed E-state index contributed by atoms with van der Waals surface area (Å²) >= 11 is 0. The van der Waals surface area contributed by atoms with E-state index in [1.54, 1.807) is 12.3 Å². The topological polar surface area (TPSA) is 44.1 Å². The molecule has 4 aromatic rings. The molecule has 5 rings (SSSR count). The number of carbonyl (C=O) groups is 1. The Morgan fingerprint density at radius 2 is 1.90 bits per heavy atom. The third-order valence-electron chi connectivity index (χ3n) is 5.97. The molecule has 0 N–H and O–H groups in total. The summed E-state index contributed by atoms with van der Waals surface area (Å²) < 4.78 is 7.98. The first-order chi connectivity index (χ1) is 14.3. The van der Waals surface area contributed by atoms with Crippen LogP contribution in [-0.4, -0.2) is 15.5 Å². The summed E-state index contributed by atoms with van der Waals surface area (Å²) in [5.41, 5.74) is 2.62. The van der Waals surface area contributed by atoms with Gasteiger partial charge in [0.05, 0.1) is 11.1 Å². The summed E-state index contributed by atoms with van der Waals surface area (Å²) in [6.45, 7) is 0.968. The number of pyridine rings is 1. The summed E-state index contributed by atoms with van der Waals surface area (Å²) in [7, 11) is 0. The molecule has 4 heteroatoms. The van der Waals surface area contributed by atoms with Gasteiger partial charge in [0.25, 0.3) is 0 Å². The fraction of sp³-hybridized carbons (Fsp3) is 0.280. The summed E-state index contributed by atoms with van der Waals surface area (Å²) in [6.07, 6.45) is 10.3. The second kappa shape index (κ2) is 7.70. The van der Waals surface area contributed by atoms with E-state index in [2.05, 4.69) is 15.6 Å². The normalized spacial score (nSPS) is 15.0. The molecule has 1 fully saturated rings. The molecule has 0 unspecified atom stereocenters. The van der Waals surface area contributed by atoms with Crippen LogP contribution in [-0.2, 0) is 6.54 Å². The number of aromatic nitrogens is 2. The maximum atomic E-state index is 13.0. The van der Waals surface area contributed by atoms with E-state index in [0.29, 0.717) is 17.2 Å². The van der Waals surface area contributed by atoms with Crippen LogP contribution in [0.4, 0.5) is 0 Å². The van der Waals surface area contributed by atoms with Gasteiger partial charge in [-0.15, -0.1) is 0 Å². The van der Waals surface area contributed by atoms with Crippen LogP contribution < -0.4 is 4.74 Å². The van der Waals surface area contributed by atoms with Crippen molar-refractivity contribution in [3.05, 3.63) is 72.6 Å². The Hall–Kier alpha value is -3.14. The average molecular weight is 384 g/mol. The molecule has 2 aromatic carbocycles. The lowest BCUT2D eigenvalue weighted by Gasteiger charge is -2.22. The maximum absolute atomic E-state index is 13.0. The fourth-order valence-electron chi connectivity index (χ4n) is 4.49. The van der Waals surface area contributed by atoms with Crippen molar-refractivity contribution in [3.8, 4) is 5.75 Å². The number of ether oxygens (including phenoxy) is 1. The molecule has 0 spiro atoms. The van der Waals surface area contributed by atoms with Crippen LogP contribution in [0.5, 0.6) is 5.75 Å². The van der Waals surface area contributed by atoms with Crippen LogP contribution in [0.1, 0.15) is 42.5 Å². The smallest absolute Gasteiger partial charge is 0.345 e. The minimum absolute atomic E-state index is 0.313. The number of rotatable bonds is 4. The van der Waals surface area contributed by atoms with E-state index in [0.717, 1.165) is 28.4 Å².